The maximum absolute atomic E-state index is 13.4. The highest BCUT2D eigenvalue weighted by Crippen LogP contribution is 2.41. The number of likely N-dealkylation sites (tertiary alicyclic amines) is 1. The number of fused-ring (bicyclic) bond motifs is 1. The van der Waals surface area contributed by atoms with Gasteiger partial charge in [0.1, 0.15) is 0 Å². The van der Waals surface area contributed by atoms with Gasteiger partial charge in [-0.25, -0.2) is 22.4 Å². The van der Waals surface area contributed by atoms with E-state index in [1.54, 1.807) is 35.6 Å². The number of benzene rings is 1. The third-order valence-corrected chi connectivity index (χ3v) is 9.74. The summed E-state index contributed by atoms with van der Waals surface area (Å²) in [6.07, 6.45) is 3.35. The van der Waals surface area contributed by atoms with Crippen molar-refractivity contribution < 1.29 is 8.42 Å². The normalized spacial score (nSPS) is 15.5. The Labute approximate surface area is 203 Å². The molecule has 3 aromatic heterocycles. The molecule has 1 fully saturated rings. The molecule has 1 aliphatic rings. The Hall–Kier alpha value is -1.53. The lowest BCUT2D eigenvalue weighted by molar-refractivity contribution is 0.189. The SMILES string of the molecule is Cc1ccc(S(=O)(=O)n2c(I)cc3c(-c4cnc(C5CN(C)C5)s4)c(Cl)cnc32)cc1. The smallest absolute Gasteiger partial charge is 0.270 e. The van der Waals surface area contributed by atoms with Crippen LogP contribution in [0.5, 0.6) is 0 Å². The Kier molecular flexibility index (Phi) is 5.37. The van der Waals surface area contributed by atoms with E-state index in [2.05, 4.69) is 21.9 Å². The predicted molar refractivity (Wildman–Crippen MR) is 133 cm³/mol. The Bertz CT molecular complexity index is 1410. The molecular formula is C21H18ClIN4O2S2. The summed E-state index contributed by atoms with van der Waals surface area (Å²) in [6.45, 7) is 3.91. The number of rotatable bonds is 4. The van der Waals surface area contributed by atoms with Crippen LogP contribution in [0.3, 0.4) is 0 Å². The minimum atomic E-state index is -3.80. The van der Waals surface area contributed by atoms with Crippen LogP contribution in [-0.4, -0.2) is 47.4 Å². The number of thiazole rings is 1. The number of pyridine rings is 1. The maximum atomic E-state index is 13.4. The summed E-state index contributed by atoms with van der Waals surface area (Å²) in [5.41, 5.74) is 2.14. The van der Waals surface area contributed by atoms with E-state index < -0.39 is 10.0 Å². The van der Waals surface area contributed by atoms with Gasteiger partial charge < -0.3 is 4.90 Å². The second-order valence-electron chi connectivity index (χ2n) is 7.75. The van der Waals surface area contributed by atoms with Crippen LogP contribution in [0.1, 0.15) is 16.5 Å². The summed E-state index contributed by atoms with van der Waals surface area (Å²) in [7, 11) is -1.71. The van der Waals surface area contributed by atoms with Gasteiger partial charge in [0.05, 0.1) is 23.5 Å². The molecule has 0 spiro atoms. The topological polar surface area (TPSA) is 68.1 Å². The summed E-state index contributed by atoms with van der Waals surface area (Å²) < 4.78 is 28.7. The number of aromatic nitrogens is 3. The zero-order valence-electron chi connectivity index (χ0n) is 16.7. The second-order valence-corrected chi connectivity index (χ2v) is 12.1. The van der Waals surface area contributed by atoms with Crippen LogP contribution in [0.15, 0.2) is 47.6 Å². The highest BCUT2D eigenvalue weighted by molar-refractivity contribution is 14.1. The van der Waals surface area contributed by atoms with E-state index in [0.717, 1.165) is 34.1 Å². The fourth-order valence-electron chi connectivity index (χ4n) is 3.81. The van der Waals surface area contributed by atoms with Crippen molar-refractivity contribution in [1.82, 2.24) is 18.8 Å². The number of likely N-dealkylation sites (N-methyl/N-ethyl adjacent to an activating group) is 1. The van der Waals surface area contributed by atoms with Crippen molar-refractivity contribution >= 4 is 66.6 Å². The first-order valence-corrected chi connectivity index (χ1v) is 13.3. The van der Waals surface area contributed by atoms with Gasteiger partial charge in [-0.1, -0.05) is 29.3 Å². The van der Waals surface area contributed by atoms with Crippen LogP contribution in [-0.2, 0) is 10.0 Å². The van der Waals surface area contributed by atoms with Crippen molar-refractivity contribution in [3.63, 3.8) is 0 Å². The van der Waals surface area contributed by atoms with E-state index in [-0.39, 0.29) is 4.90 Å². The lowest BCUT2D eigenvalue weighted by Crippen LogP contribution is -2.41. The Balaban J connectivity index is 1.66. The second kappa shape index (κ2) is 7.80. The van der Waals surface area contributed by atoms with E-state index in [9.17, 15) is 8.42 Å². The highest BCUT2D eigenvalue weighted by atomic mass is 127. The quantitative estimate of drug-likeness (QED) is 0.316. The van der Waals surface area contributed by atoms with Gasteiger partial charge in [-0.15, -0.1) is 11.3 Å². The lowest BCUT2D eigenvalue weighted by Gasteiger charge is -2.34. The molecule has 10 heteroatoms. The van der Waals surface area contributed by atoms with Gasteiger partial charge in [-0.3, -0.25) is 0 Å². The molecule has 4 aromatic rings. The zero-order valence-corrected chi connectivity index (χ0v) is 21.3. The van der Waals surface area contributed by atoms with Gasteiger partial charge in [0.15, 0.2) is 5.65 Å². The molecule has 6 nitrogen and oxygen atoms in total. The fraction of sp³-hybridized carbons (Fsp3) is 0.238. The number of hydrogen-bond acceptors (Lipinski definition) is 6. The molecule has 0 atom stereocenters. The third-order valence-electron chi connectivity index (χ3n) is 5.44. The number of halogens is 2. The van der Waals surface area contributed by atoms with Crippen molar-refractivity contribution in [1.29, 1.82) is 0 Å². The third kappa shape index (κ3) is 3.60. The molecule has 0 unspecified atom stereocenters. The number of aryl methyl sites for hydroxylation is 1. The Morgan fingerprint density at radius 1 is 1.16 bits per heavy atom. The summed E-state index contributed by atoms with van der Waals surface area (Å²) in [5.74, 6) is 0.437. The molecule has 5 rings (SSSR count). The number of nitrogens with zero attached hydrogens (tertiary/aromatic N) is 4. The maximum Gasteiger partial charge on any atom is 0.270 e. The van der Waals surface area contributed by atoms with Gasteiger partial charge in [0.25, 0.3) is 10.0 Å². The van der Waals surface area contributed by atoms with Crippen LogP contribution >= 0.6 is 45.5 Å². The molecule has 160 valence electrons. The Morgan fingerprint density at radius 2 is 1.87 bits per heavy atom. The van der Waals surface area contributed by atoms with E-state index >= 15 is 0 Å². The first-order valence-electron chi connectivity index (χ1n) is 9.58. The van der Waals surface area contributed by atoms with Crippen molar-refractivity contribution in [2.75, 3.05) is 20.1 Å². The molecule has 1 saturated heterocycles. The van der Waals surface area contributed by atoms with E-state index in [4.69, 9.17) is 11.6 Å². The van der Waals surface area contributed by atoms with E-state index in [1.807, 2.05) is 41.8 Å². The van der Waals surface area contributed by atoms with Crippen LogP contribution in [0.2, 0.25) is 5.02 Å². The summed E-state index contributed by atoms with van der Waals surface area (Å²) >= 11 is 10.2. The Morgan fingerprint density at radius 3 is 2.55 bits per heavy atom. The summed E-state index contributed by atoms with van der Waals surface area (Å²) in [6, 6.07) is 8.64. The van der Waals surface area contributed by atoms with Gasteiger partial charge in [0, 0.05) is 42.4 Å². The summed E-state index contributed by atoms with van der Waals surface area (Å²) in [5, 5.41) is 2.26. The molecule has 0 aliphatic carbocycles. The minimum absolute atomic E-state index is 0.223. The predicted octanol–water partition coefficient (Wildman–Crippen LogP) is 4.99. The van der Waals surface area contributed by atoms with E-state index in [0.29, 0.717) is 25.7 Å². The van der Waals surface area contributed by atoms with Crippen LogP contribution in [0, 0.1) is 10.6 Å². The molecule has 0 bridgehead atoms. The highest BCUT2D eigenvalue weighted by Gasteiger charge is 2.29. The van der Waals surface area contributed by atoms with Crippen molar-refractivity contribution in [2.45, 2.75) is 17.7 Å². The molecule has 0 N–H and O–H groups in total. The van der Waals surface area contributed by atoms with Gasteiger partial charge in [0.2, 0.25) is 0 Å². The molecule has 0 saturated carbocycles. The molecule has 1 aliphatic heterocycles. The number of hydrogen-bond donors (Lipinski definition) is 0. The van der Waals surface area contributed by atoms with Crippen molar-refractivity contribution in [3.8, 4) is 10.4 Å². The molecule has 31 heavy (non-hydrogen) atoms. The van der Waals surface area contributed by atoms with Crippen LogP contribution < -0.4 is 0 Å². The van der Waals surface area contributed by atoms with Crippen molar-refractivity contribution in [2.24, 2.45) is 0 Å². The molecule has 0 radical (unpaired) electrons. The first kappa shape index (κ1) is 21.3. The van der Waals surface area contributed by atoms with Gasteiger partial charge in [-0.2, -0.15) is 0 Å². The summed E-state index contributed by atoms with van der Waals surface area (Å²) in [4.78, 5) is 12.4. The zero-order chi connectivity index (χ0) is 21.9. The van der Waals surface area contributed by atoms with Crippen molar-refractivity contribution in [3.05, 3.63) is 62.0 Å². The standard InChI is InChI=1S/C21H18ClIN4O2S2/c1-12-3-5-14(6-4-12)31(28,29)27-18(23)7-15-19(16(22)8-24-20(15)27)17-9-25-21(30-17)13-10-26(2)11-13/h3-9,13H,10-11H2,1-2H3. The fourth-order valence-corrected chi connectivity index (χ4v) is 7.86. The lowest BCUT2D eigenvalue weighted by atomic mass is 10.0. The molecule has 4 heterocycles. The van der Waals surface area contributed by atoms with E-state index in [1.165, 1.54) is 10.2 Å². The van der Waals surface area contributed by atoms with Gasteiger partial charge >= 0.3 is 0 Å². The monoisotopic (exact) mass is 584 g/mol. The molecular weight excluding hydrogens is 567 g/mol. The largest absolute Gasteiger partial charge is 0.305 e. The van der Waals surface area contributed by atoms with Gasteiger partial charge in [-0.05, 0) is 54.8 Å². The molecule has 0 amide bonds. The minimum Gasteiger partial charge on any atom is -0.305 e. The molecule has 1 aromatic carbocycles. The first-order chi connectivity index (χ1) is 14.8. The van der Waals surface area contributed by atoms with Crippen LogP contribution in [0.25, 0.3) is 21.5 Å². The average molecular weight is 585 g/mol. The average Bonchev–Trinajstić information content (AvgIpc) is 3.30. The van der Waals surface area contributed by atoms with Crippen LogP contribution in [0.4, 0.5) is 0 Å².